The standard InChI is InChI=1S/C18H14N4O4/c19-18(24)26-13-6-5-12(10-3-1-2-4-11(10)13)25-14-7-8-20-17-16(14)22-15(23)9-21-17/h1-8H,9H2,(H2,19,24)(H,20,21)(H,22,23). The van der Waals surface area contributed by atoms with E-state index in [0.717, 1.165) is 5.39 Å². The zero-order chi connectivity index (χ0) is 18.1. The summed E-state index contributed by atoms with van der Waals surface area (Å²) in [6.45, 7) is 0.158. The van der Waals surface area contributed by atoms with Gasteiger partial charge in [-0.1, -0.05) is 24.3 Å². The number of nitrogens with two attached hydrogens (primary N) is 1. The maximum Gasteiger partial charge on any atom is 0.409 e. The lowest BCUT2D eigenvalue weighted by Crippen LogP contribution is -2.28. The Morgan fingerprint density at radius 1 is 1.04 bits per heavy atom. The van der Waals surface area contributed by atoms with E-state index < -0.39 is 6.09 Å². The van der Waals surface area contributed by atoms with Crippen LogP contribution in [0.15, 0.2) is 48.7 Å². The summed E-state index contributed by atoms with van der Waals surface area (Å²) in [5.41, 5.74) is 5.60. The molecule has 2 aromatic carbocycles. The van der Waals surface area contributed by atoms with Crippen LogP contribution in [0.25, 0.3) is 10.8 Å². The fourth-order valence-electron chi connectivity index (χ4n) is 2.78. The van der Waals surface area contributed by atoms with Gasteiger partial charge in [-0.3, -0.25) is 4.79 Å². The third-order valence-corrected chi connectivity index (χ3v) is 3.87. The van der Waals surface area contributed by atoms with Gasteiger partial charge in [0.1, 0.15) is 17.2 Å². The normalized spacial score (nSPS) is 12.7. The van der Waals surface area contributed by atoms with Gasteiger partial charge in [0.2, 0.25) is 5.91 Å². The molecule has 0 unspecified atom stereocenters. The Hall–Kier alpha value is -3.81. The van der Waals surface area contributed by atoms with Gasteiger partial charge in [0.25, 0.3) is 0 Å². The highest BCUT2D eigenvalue weighted by Crippen LogP contribution is 2.40. The van der Waals surface area contributed by atoms with Crippen LogP contribution in [0, 0.1) is 0 Å². The molecule has 0 atom stereocenters. The van der Waals surface area contributed by atoms with Crippen molar-refractivity contribution in [3.63, 3.8) is 0 Å². The average Bonchev–Trinajstić information content (AvgIpc) is 2.64. The molecule has 1 aromatic heterocycles. The number of amides is 2. The molecule has 8 nitrogen and oxygen atoms in total. The van der Waals surface area contributed by atoms with Gasteiger partial charge in [0, 0.05) is 23.0 Å². The van der Waals surface area contributed by atoms with Crippen molar-refractivity contribution in [3.8, 4) is 17.2 Å². The maximum absolute atomic E-state index is 11.7. The molecule has 4 N–H and O–H groups in total. The van der Waals surface area contributed by atoms with E-state index in [9.17, 15) is 9.59 Å². The summed E-state index contributed by atoms with van der Waals surface area (Å²) < 4.78 is 11.1. The number of carbonyl (C=O) groups is 2. The fraction of sp³-hybridized carbons (Fsp3) is 0.0556. The third kappa shape index (κ3) is 2.84. The SMILES string of the molecule is NC(=O)Oc1ccc(Oc2ccnc3c2NC(=O)CN3)c2ccccc12. The number of rotatable bonds is 3. The molecule has 3 aromatic rings. The van der Waals surface area contributed by atoms with Crippen molar-refractivity contribution < 1.29 is 19.1 Å². The molecule has 0 aliphatic carbocycles. The predicted octanol–water partition coefficient (Wildman–Crippen LogP) is 2.85. The van der Waals surface area contributed by atoms with Crippen LogP contribution in [0.1, 0.15) is 0 Å². The molecule has 0 bridgehead atoms. The van der Waals surface area contributed by atoms with E-state index >= 15 is 0 Å². The molecular weight excluding hydrogens is 336 g/mol. The molecule has 130 valence electrons. The number of hydrogen-bond donors (Lipinski definition) is 3. The molecule has 8 heteroatoms. The predicted molar refractivity (Wildman–Crippen MR) is 95.6 cm³/mol. The Morgan fingerprint density at radius 2 is 1.77 bits per heavy atom. The van der Waals surface area contributed by atoms with Gasteiger partial charge in [-0.05, 0) is 12.1 Å². The van der Waals surface area contributed by atoms with Crippen LogP contribution in [0.3, 0.4) is 0 Å². The molecule has 0 saturated heterocycles. The average molecular weight is 350 g/mol. The molecule has 0 fully saturated rings. The van der Waals surface area contributed by atoms with Crippen molar-refractivity contribution in [2.45, 2.75) is 0 Å². The molecule has 2 heterocycles. The van der Waals surface area contributed by atoms with Crippen LogP contribution in [0.2, 0.25) is 0 Å². The van der Waals surface area contributed by atoms with E-state index in [1.807, 2.05) is 18.2 Å². The number of ether oxygens (including phenoxy) is 2. The van der Waals surface area contributed by atoms with Crippen LogP contribution < -0.4 is 25.8 Å². The van der Waals surface area contributed by atoms with E-state index in [4.69, 9.17) is 15.2 Å². The summed E-state index contributed by atoms with van der Waals surface area (Å²) >= 11 is 0. The summed E-state index contributed by atoms with van der Waals surface area (Å²) in [5.74, 6) is 1.69. The van der Waals surface area contributed by atoms with Gasteiger partial charge in [0.05, 0.1) is 6.54 Å². The Balaban J connectivity index is 1.78. The highest BCUT2D eigenvalue weighted by Gasteiger charge is 2.20. The quantitative estimate of drug-likeness (QED) is 0.669. The molecular formula is C18H14N4O4. The van der Waals surface area contributed by atoms with E-state index in [1.54, 1.807) is 30.5 Å². The topological polar surface area (TPSA) is 116 Å². The van der Waals surface area contributed by atoms with E-state index in [1.165, 1.54) is 0 Å². The van der Waals surface area contributed by atoms with Crippen molar-refractivity contribution in [2.24, 2.45) is 5.73 Å². The summed E-state index contributed by atoms with van der Waals surface area (Å²) in [4.78, 5) is 27.0. The first kappa shape index (κ1) is 15.7. The lowest BCUT2D eigenvalue weighted by molar-refractivity contribution is -0.114. The highest BCUT2D eigenvalue weighted by molar-refractivity contribution is 6.01. The summed E-state index contributed by atoms with van der Waals surface area (Å²) in [7, 11) is 0. The van der Waals surface area contributed by atoms with Gasteiger partial charge >= 0.3 is 6.09 Å². The number of fused-ring (bicyclic) bond motifs is 2. The zero-order valence-electron chi connectivity index (χ0n) is 13.5. The fourth-order valence-corrected chi connectivity index (χ4v) is 2.78. The first-order chi connectivity index (χ1) is 12.6. The Kier molecular flexibility index (Phi) is 3.77. The molecule has 4 rings (SSSR count). The van der Waals surface area contributed by atoms with E-state index in [0.29, 0.717) is 34.1 Å². The number of anilines is 2. The number of nitrogens with zero attached hydrogens (tertiary/aromatic N) is 1. The van der Waals surface area contributed by atoms with Gasteiger partial charge < -0.3 is 25.8 Å². The lowest BCUT2D eigenvalue weighted by atomic mass is 10.1. The van der Waals surface area contributed by atoms with Crippen LogP contribution in [0.5, 0.6) is 17.2 Å². The van der Waals surface area contributed by atoms with Crippen molar-refractivity contribution in [3.05, 3.63) is 48.7 Å². The van der Waals surface area contributed by atoms with Crippen LogP contribution in [0.4, 0.5) is 16.3 Å². The van der Waals surface area contributed by atoms with Crippen molar-refractivity contribution in [1.82, 2.24) is 4.98 Å². The molecule has 1 aliphatic rings. The molecule has 0 spiro atoms. The van der Waals surface area contributed by atoms with Crippen molar-refractivity contribution in [2.75, 3.05) is 17.2 Å². The van der Waals surface area contributed by atoms with Gasteiger partial charge in [-0.25, -0.2) is 9.78 Å². The van der Waals surface area contributed by atoms with Crippen LogP contribution in [-0.4, -0.2) is 23.5 Å². The van der Waals surface area contributed by atoms with Crippen LogP contribution in [-0.2, 0) is 4.79 Å². The van der Waals surface area contributed by atoms with E-state index in [2.05, 4.69) is 15.6 Å². The Bertz CT molecular complexity index is 1030. The highest BCUT2D eigenvalue weighted by atomic mass is 16.5. The van der Waals surface area contributed by atoms with E-state index in [-0.39, 0.29) is 12.5 Å². The minimum atomic E-state index is -0.888. The minimum Gasteiger partial charge on any atom is -0.454 e. The Morgan fingerprint density at radius 3 is 2.54 bits per heavy atom. The number of nitrogens with one attached hydrogen (secondary N) is 2. The number of aromatic nitrogens is 1. The summed E-state index contributed by atoms with van der Waals surface area (Å²) in [6, 6.07) is 12.2. The number of primary amides is 1. The first-order valence-corrected chi connectivity index (χ1v) is 7.81. The molecule has 26 heavy (non-hydrogen) atoms. The second kappa shape index (κ2) is 6.25. The zero-order valence-corrected chi connectivity index (χ0v) is 13.5. The second-order valence-electron chi connectivity index (χ2n) is 5.57. The molecule has 2 amide bonds. The number of hydrogen-bond acceptors (Lipinski definition) is 6. The van der Waals surface area contributed by atoms with Crippen molar-refractivity contribution >= 4 is 34.3 Å². The monoisotopic (exact) mass is 350 g/mol. The minimum absolute atomic E-state index is 0.158. The Labute approximate surface area is 147 Å². The molecule has 0 radical (unpaired) electrons. The summed E-state index contributed by atoms with van der Waals surface area (Å²) in [5, 5.41) is 7.09. The number of pyridine rings is 1. The maximum atomic E-state index is 11.7. The van der Waals surface area contributed by atoms with Gasteiger partial charge in [-0.15, -0.1) is 0 Å². The molecule has 0 saturated carbocycles. The van der Waals surface area contributed by atoms with Gasteiger partial charge in [0.15, 0.2) is 11.6 Å². The van der Waals surface area contributed by atoms with Crippen LogP contribution >= 0.6 is 0 Å². The summed E-state index contributed by atoms with van der Waals surface area (Å²) in [6.07, 6.45) is 0.701. The van der Waals surface area contributed by atoms with Crippen molar-refractivity contribution in [1.29, 1.82) is 0 Å². The number of carbonyl (C=O) groups excluding carboxylic acids is 2. The molecule has 1 aliphatic heterocycles. The smallest absolute Gasteiger partial charge is 0.409 e. The largest absolute Gasteiger partial charge is 0.454 e. The number of benzene rings is 2. The second-order valence-corrected chi connectivity index (χ2v) is 5.57. The lowest BCUT2D eigenvalue weighted by Gasteiger charge is -2.20. The van der Waals surface area contributed by atoms with Gasteiger partial charge in [-0.2, -0.15) is 0 Å². The third-order valence-electron chi connectivity index (χ3n) is 3.87. The first-order valence-electron chi connectivity index (χ1n) is 7.81.